The molecule has 1 unspecified atom stereocenters. The number of hydrogen-bond acceptors (Lipinski definition) is 1. The standard InChI is InChI=1S/C12H19NO/c1-4-10(3)8-13-7-6-11(9-13)12(14)5-2/h6-7,9,12,14H,3-5,8H2,1-2H3. The molecule has 0 amide bonds. The highest BCUT2D eigenvalue weighted by Crippen LogP contribution is 2.16. The van der Waals surface area contributed by atoms with E-state index >= 15 is 0 Å². The van der Waals surface area contributed by atoms with Crippen LogP contribution in [0.2, 0.25) is 0 Å². The van der Waals surface area contributed by atoms with E-state index in [-0.39, 0.29) is 6.10 Å². The molecule has 0 aliphatic rings. The lowest BCUT2D eigenvalue weighted by Crippen LogP contribution is -1.97. The summed E-state index contributed by atoms with van der Waals surface area (Å²) in [7, 11) is 0. The second-order valence-corrected chi connectivity index (χ2v) is 3.64. The van der Waals surface area contributed by atoms with E-state index in [1.807, 2.05) is 25.4 Å². The van der Waals surface area contributed by atoms with Crippen LogP contribution >= 0.6 is 0 Å². The highest BCUT2D eigenvalue weighted by molar-refractivity contribution is 5.14. The molecule has 78 valence electrons. The van der Waals surface area contributed by atoms with Crippen LogP contribution in [0.25, 0.3) is 0 Å². The molecule has 1 aromatic heterocycles. The minimum Gasteiger partial charge on any atom is -0.388 e. The second-order valence-electron chi connectivity index (χ2n) is 3.64. The van der Waals surface area contributed by atoms with Gasteiger partial charge in [0.2, 0.25) is 0 Å². The van der Waals surface area contributed by atoms with Crippen molar-refractivity contribution in [3.8, 4) is 0 Å². The maximum absolute atomic E-state index is 9.60. The number of aliphatic hydroxyl groups is 1. The Labute approximate surface area is 85.9 Å². The first kappa shape index (κ1) is 11.1. The summed E-state index contributed by atoms with van der Waals surface area (Å²) in [5, 5.41) is 9.60. The maximum Gasteiger partial charge on any atom is 0.0802 e. The van der Waals surface area contributed by atoms with Gasteiger partial charge in [0.1, 0.15) is 0 Å². The summed E-state index contributed by atoms with van der Waals surface area (Å²) in [6.45, 7) is 8.90. The molecule has 0 bridgehead atoms. The first-order valence-electron chi connectivity index (χ1n) is 5.17. The SMILES string of the molecule is C=C(CC)Cn1ccc(C(O)CC)c1. The number of aliphatic hydroxyl groups excluding tert-OH is 1. The Hall–Kier alpha value is -1.02. The zero-order valence-corrected chi connectivity index (χ0v) is 9.03. The molecule has 0 aromatic carbocycles. The van der Waals surface area contributed by atoms with Crippen LogP contribution in [-0.4, -0.2) is 9.67 Å². The lowest BCUT2D eigenvalue weighted by atomic mass is 10.1. The lowest BCUT2D eigenvalue weighted by molar-refractivity contribution is 0.173. The summed E-state index contributed by atoms with van der Waals surface area (Å²) in [4.78, 5) is 0. The molecule has 0 spiro atoms. The summed E-state index contributed by atoms with van der Waals surface area (Å²) >= 11 is 0. The van der Waals surface area contributed by atoms with Gasteiger partial charge in [0.25, 0.3) is 0 Å². The minimum atomic E-state index is -0.328. The van der Waals surface area contributed by atoms with Gasteiger partial charge >= 0.3 is 0 Å². The van der Waals surface area contributed by atoms with Gasteiger partial charge in [-0.2, -0.15) is 0 Å². The number of aromatic nitrogens is 1. The van der Waals surface area contributed by atoms with Gasteiger partial charge in [-0.15, -0.1) is 0 Å². The van der Waals surface area contributed by atoms with Gasteiger partial charge in [-0.3, -0.25) is 0 Å². The number of rotatable bonds is 5. The Morgan fingerprint density at radius 2 is 2.29 bits per heavy atom. The molecule has 1 atom stereocenters. The average Bonchev–Trinajstić information content (AvgIpc) is 2.65. The Morgan fingerprint density at radius 1 is 1.57 bits per heavy atom. The van der Waals surface area contributed by atoms with E-state index in [4.69, 9.17) is 0 Å². The van der Waals surface area contributed by atoms with Gasteiger partial charge in [-0.05, 0) is 24.5 Å². The highest BCUT2D eigenvalue weighted by atomic mass is 16.3. The fourth-order valence-electron chi connectivity index (χ4n) is 1.36. The zero-order chi connectivity index (χ0) is 10.6. The smallest absolute Gasteiger partial charge is 0.0802 e. The molecule has 1 heterocycles. The van der Waals surface area contributed by atoms with Crippen molar-refractivity contribution in [1.82, 2.24) is 4.57 Å². The predicted octanol–water partition coefficient (Wildman–Crippen LogP) is 2.90. The van der Waals surface area contributed by atoms with Crippen LogP contribution in [-0.2, 0) is 6.54 Å². The van der Waals surface area contributed by atoms with Crippen LogP contribution in [0.3, 0.4) is 0 Å². The van der Waals surface area contributed by atoms with Gasteiger partial charge in [0, 0.05) is 18.9 Å². The van der Waals surface area contributed by atoms with Crippen LogP contribution in [0.4, 0.5) is 0 Å². The summed E-state index contributed by atoms with van der Waals surface area (Å²) in [5.74, 6) is 0. The van der Waals surface area contributed by atoms with Gasteiger partial charge in [-0.25, -0.2) is 0 Å². The van der Waals surface area contributed by atoms with Crippen molar-refractivity contribution in [3.63, 3.8) is 0 Å². The van der Waals surface area contributed by atoms with Crippen molar-refractivity contribution in [2.75, 3.05) is 0 Å². The van der Waals surface area contributed by atoms with E-state index in [1.54, 1.807) is 0 Å². The van der Waals surface area contributed by atoms with E-state index < -0.39 is 0 Å². The number of nitrogens with zero attached hydrogens (tertiary/aromatic N) is 1. The third-order valence-electron chi connectivity index (χ3n) is 2.45. The van der Waals surface area contributed by atoms with E-state index in [1.165, 1.54) is 5.57 Å². The van der Waals surface area contributed by atoms with Gasteiger partial charge in [0.15, 0.2) is 0 Å². The lowest BCUT2D eigenvalue weighted by Gasteiger charge is -2.05. The molecular formula is C12H19NO. The quantitative estimate of drug-likeness (QED) is 0.715. The van der Waals surface area contributed by atoms with Gasteiger partial charge in [-0.1, -0.05) is 26.0 Å². The molecule has 1 N–H and O–H groups in total. The summed E-state index contributed by atoms with van der Waals surface area (Å²) in [6, 6.07) is 1.97. The van der Waals surface area contributed by atoms with Gasteiger partial charge in [0.05, 0.1) is 6.10 Å². The molecule has 0 saturated heterocycles. The van der Waals surface area contributed by atoms with Gasteiger partial charge < -0.3 is 9.67 Å². The first-order chi connectivity index (χ1) is 6.67. The molecule has 1 rings (SSSR count). The fourth-order valence-corrected chi connectivity index (χ4v) is 1.36. The molecule has 1 aromatic rings. The van der Waals surface area contributed by atoms with Crippen molar-refractivity contribution in [1.29, 1.82) is 0 Å². The van der Waals surface area contributed by atoms with Crippen LogP contribution in [0.15, 0.2) is 30.6 Å². The molecule has 2 nitrogen and oxygen atoms in total. The molecule has 0 saturated carbocycles. The molecule has 0 aliphatic heterocycles. The molecule has 14 heavy (non-hydrogen) atoms. The minimum absolute atomic E-state index is 0.328. The van der Waals surface area contributed by atoms with E-state index in [0.29, 0.717) is 0 Å². The summed E-state index contributed by atoms with van der Waals surface area (Å²) < 4.78 is 2.07. The van der Waals surface area contributed by atoms with Crippen molar-refractivity contribution < 1.29 is 5.11 Å². The van der Waals surface area contributed by atoms with Crippen molar-refractivity contribution in [2.45, 2.75) is 39.3 Å². The fraction of sp³-hybridized carbons (Fsp3) is 0.500. The summed E-state index contributed by atoms with van der Waals surface area (Å²) in [6.07, 6.45) is 5.43. The number of allylic oxidation sites excluding steroid dienone is 1. The largest absolute Gasteiger partial charge is 0.388 e. The maximum atomic E-state index is 9.60. The first-order valence-corrected chi connectivity index (χ1v) is 5.17. The second kappa shape index (κ2) is 5.01. The molecule has 0 radical (unpaired) electrons. The van der Waals surface area contributed by atoms with Crippen LogP contribution in [0.1, 0.15) is 38.4 Å². The van der Waals surface area contributed by atoms with Crippen LogP contribution in [0.5, 0.6) is 0 Å². The molecule has 0 aliphatic carbocycles. The normalized spacial score (nSPS) is 12.8. The topological polar surface area (TPSA) is 25.2 Å². The van der Waals surface area contributed by atoms with Crippen molar-refractivity contribution in [2.24, 2.45) is 0 Å². The molecular weight excluding hydrogens is 174 g/mol. The van der Waals surface area contributed by atoms with E-state index in [2.05, 4.69) is 18.1 Å². The highest BCUT2D eigenvalue weighted by Gasteiger charge is 2.05. The third-order valence-corrected chi connectivity index (χ3v) is 2.45. The molecule has 0 fully saturated rings. The molecule has 2 heteroatoms. The monoisotopic (exact) mass is 193 g/mol. The van der Waals surface area contributed by atoms with Crippen LogP contribution < -0.4 is 0 Å². The van der Waals surface area contributed by atoms with Crippen LogP contribution in [0, 0.1) is 0 Å². The average molecular weight is 193 g/mol. The van der Waals surface area contributed by atoms with E-state index in [9.17, 15) is 5.11 Å². The number of hydrogen-bond donors (Lipinski definition) is 1. The Bertz CT molecular complexity index is 301. The predicted molar refractivity (Wildman–Crippen MR) is 59.1 cm³/mol. The van der Waals surface area contributed by atoms with Crippen molar-refractivity contribution >= 4 is 0 Å². The Kier molecular flexibility index (Phi) is 3.96. The Morgan fingerprint density at radius 3 is 2.86 bits per heavy atom. The third kappa shape index (κ3) is 2.74. The zero-order valence-electron chi connectivity index (χ0n) is 9.03. The van der Waals surface area contributed by atoms with E-state index in [0.717, 1.165) is 24.9 Å². The summed E-state index contributed by atoms with van der Waals surface area (Å²) in [5.41, 5.74) is 2.20. The Balaban J connectivity index is 2.63. The van der Waals surface area contributed by atoms with Crippen molar-refractivity contribution in [3.05, 3.63) is 36.2 Å².